The first kappa shape index (κ1) is 23.3. The lowest BCUT2D eigenvalue weighted by Gasteiger charge is -2.34. The maximum Gasteiger partial charge on any atom is 0.138 e. The Balaban J connectivity index is 1.44. The van der Waals surface area contributed by atoms with Crippen molar-refractivity contribution in [3.8, 4) is 28.2 Å². The van der Waals surface area contributed by atoms with Gasteiger partial charge in [0, 0.05) is 40.8 Å². The lowest BCUT2D eigenvalue weighted by atomic mass is 9.91. The van der Waals surface area contributed by atoms with Crippen LogP contribution in [-0.2, 0) is 6.54 Å². The minimum Gasteiger partial charge on any atom is -0.335 e. The van der Waals surface area contributed by atoms with Crippen LogP contribution in [-0.4, -0.2) is 21.3 Å². The average Bonchev–Trinajstić information content (AvgIpc) is 3.37. The molecule has 8 rings (SSSR count). The fourth-order valence-corrected chi connectivity index (χ4v) is 6.14. The summed E-state index contributed by atoms with van der Waals surface area (Å²) in [6, 6.07) is 40.4. The molecule has 0 radical (unpaired) electrons. The first-order chi connectivity index (χ1) is 20.3. The summed E-state index contributed by atoms with van der Waals surface area (Å²) in [4.78, 5) is 16.0. The third-order valence-corrected chi connectivity index (χ3v) is 8.00. The van der Waals surface area contributed by atoms with Crippen LogP contribution in [0.5, 0.6) is 0 Å². The Kier molecular flexibility index (Phi) is 5.28. The summed E-state index contributed by atoms with van der Waals surface area (Å²) < 4.78 is 2.28. The molecule has 0 fully saturated rings. The molecule has 0 N–H and O–H groups in total. The number of anilines is 2. The van der Waals surface area contributed by atoms with Gasteiger partial charge in [-0.2, -0.15) is 0 Å². The molecule has 1 aliphatic rings. The summed E-state index contributed by atoms with van der Waals surface area (Å²) >= 11 is 0. The molecule has 5 heteroatoms. The van der Waals surface area contributed by atoms with Gasteiger partial charge < -0.3 is 4.90 Å². The predicted molar refractivity (Wildman–Crippen MR) is 169 cm³/mol. The molecule has 4 aromatic carbocycles. The van der Waals surface area contributed by atoms with E-state index in [1.54, 1.807) is 12.4 Å². The Bertz CT molecular complexity index is 2110. The quantitative estimate of drug-likeness (QED) is 0.215. The van der Waals surface area contributed by atoms with Crippen molar-refractivity contribution in [1.29, 1.82) is 0 Å². The summed E-state index contributed by atoms with van der Waals surface area (Å²) in [5.74, 6) is 0.876. The number of nitrogens with zero attached hydrogens (tertiary/aromatic N) is 5. The van der Waals surface area contributed by atoms with Gasteiger partial charge in [0.25, 0.3) is 0 Å². The van der Waals surface area contributed by atoms with Crippen LogP contribution in [0.1, 0.15) is 5.56 Å². The number of benzene rings is 4. The van der Waals surface area contributed by atoms with Gasteiger partial charge >= 0.3 is 0 Å². The van der Waals surface area contributed by atoms with Gasteiger partial charge in [-0.05, 0) is 72.4 Å². The van der Waals surface area contributed by atoms with Crippen LogP contribution in [0.25, 0.3) is 50.0 Å². The number of para-hydroxylation sites is 3. The van der Waals surface area contributed by atoms with E-state index in [9.17, 15) is 0 Å². The van der Waals surface area contributed by atoms with Crippen LogP contribution in [0.15, 0.2) is 133 Å². The van der Waals surface area contributed by atoms with Crippen molar-refractivity contribution < 1.29 is 0 Å². The molecule has 7 aromatic rings. The predicted octanol–water partition coefficient (Wildman–Crippen LogP) is 8.89. The molecule has 0 aliphatic carbocycles. The van der Waals surface area contributed by atoms with Crippen molar-refractivity contribution in [2.45, 2.75) is 6.54 Å². The van der Waals surface area contributed by atoms with E-state index >= 15 is 0 Å². The van der Waals surface area contributed by atoms with Gasteiger partial charge in [-0.25, -0.2) is 4.98 Å². The Morgan fingerprint density at radius 3 is 2.37 bits per heavy atom. The molecule has 41 heavy (non-hydrogen) atoms. The molecule has 0 unspecified atom stereocenters. The molecule has 194 valence electrons. The fourth-order valence-electron chi connectivity index (χ4n) is 6.14. The molecule has 0 spiro atoms. The monoisotopic (exact) mass is 527 g/mol. The molecular weight excluding hydrogens is 502 g/mol. The van der Waals surface area contributed by atoms with Gasteiger partial charge in [-0.3, -0.25) is 14.5 Å². The van der Waals surface area contributed by atoms with Crippen molar-refractivity contribution in [2.75, 3.05) is 4.90 Å². The van der Waals surface area contributed by atoms with Gasteiger partial charge in [0.05, 0.1) is 33.8 Å². The second-order valence-corrected chi connectivity index (χ2v) is 10.2. The van der Waals surface area contributed by atoms with Crippen molar-refractivity contribution in [3.05, 3.63) is 133 Å². The highest BCUT2D eigenvalue weighted by Crippen LogP contribution is 2.48. The summed E-state index contributed by atoms with van der Waals surface area (Å²) in [5.41, 5.74) is 11.0. The first-order valence-corrected chi connectivity index (χ1v) is 13.7. The van der Waals surface area contributed by atoms with Gasteiger partial charge in [0.1, 0.15) is 5.82 Å². The van der Waals surface area contributed by atoms with Crippen LogP contribution in [0, 0.1) is 0 Å². The second kappa shape index (κ2) is 9.28. The van der Waals surface area contributed by atoms with Gasteiger partial charge in [-0.1, -0.05) is 60.7 Å². The average molecular weight is 528 g/mol. The zero-order chi connectivity index (χ0) is 27.3. The maximum atomic E-state index is 5.14. The number of hydrogen-bond acceptors (Lipinski definition) is 4. The summed E-state index contributed by atoms with van der Waals surface area (Å²) in [6.07, 6.45) is 3.61. The van der Waals surface area contributed by atoms with E-state index in [1.807, 2.05) is 30.3 Å². The fraction of sp³-hybridized carbons (Fsp3) is 0.0278. The van der Waals surface area contributed by atoms with E-state index in [0.29, 0.717) is 0 Å². The highest BCUT2D eigenvalue weighted by Gasteiger charge is 2.27. The number of hydrogen-bond donors (Lipinski definition) is 0. The SMILES string of the molecule is C=Nc1ccccc1N1Cc2ccccc2-c2cc3c4ccccc4n(-c4cccc(-c5ccncc5)n4)c3cc21. The Morgan fingerprint density at radius 2 is 1.46 bits per heavy atom. The molecule has 5 nitrogen and oxygen atoms in total. The third kappa shape index (κ3) is 3.67. The number of rotatable bonds is 4. The zero-order valence-corrected chi connectivity index (χ0v) is 22.3. The van der Waals surface area contributed by atoms with Gasteiger partial charge in [-0.15, -0.1) is 0 Å². The molecule has 3 aromatic heterocycles. The maximum absolute atomic E-state index is 5.14. The highest BCUT2D eigenvalue weighted by molar-refractivity contribution is 6.13. The summed E-state index contributed by atoms with van der Waals surface area (Å²) in [6.45, 7) is 4.61. The van der Waals surface area contributed by atoms with Crippen LogP contribution in [0.3, 0.4) is 0 Å². The van der Waals surface area contributed by atoms with Crippen LogP contribution in [0.4, 0.5) is 17.1 Å². The van der Waals surface area contributed by atoms with E-state index in [0.717, 1.165) is 51.7 Å². The number of aliphatic imine (C=N–C) groups is 1. The molecule has 0 atom stereocenters. The summed E-state index contributed by atoms with van der Waals surface area (Å²) in [5, 5.41) is 2.39. The molecule has 0 saturated heterocycles. The zero-order valence-electron chi connectivity index (χ0n) is 22.3. The standard InChI is InChI=1S/C36H25N5/c1-37-31-12-5-7-15-33(31)40-23-25-9-2-3-10-26(25)28-21-29-27-11-4-6-14-32(27)41(35(29)22-34(28)40)36-16-8-13-30(39-36)24-17-19-38-20-18-24/h2-22H,1,23H2. The molecule has 0 bridgehead atoms. The van der Waals surface area contributed by atoms with Crippen molar-refractivity contribution in [2.24, 2.45) is 4.99 Å². The second-order valence-electron chi connectivity index (χ2n) is 10.2. The lowest BCUT2D eigenvalue weighted by Crippen LogP contribution is -2.21. The third-order valence-electron chi connectivity index (χ3n) is 8.00. The smallest absolute Gasteiger partial charge is 0.138 e. The van der Waals surface area contributed by atoms with Crippen molar-refractivity contribution >= 4 is 45.6 Å². The van der Waals surface area contributed by atoms with Crippen molar-refractivity contribution in [1.82, 2.24) is 14.5 Å². The molecule has 0 amide bonds. The van der Waals surface area contributed by atoms with Crippen molar-refractivity contribution in [3.63, 3.8) is 0 Å². The Morgan fingerprint density at radius 1 is 0.659 bits per heavy atom. The van der Waals surface area contributed by atoms with E-state index in [4.69, 9.17) is 4.98 Å². The number of fused-ring (bicyclic) bond motifs is 6. The summed E-state index contributed by atoms with van der Waals surface area (Å²) in [7, 11) is 0. The van der Waals surface area contributed by atoms with Gasteiger partial charge in [0.15, 0.2) is 0 Å². The van der Waals surface area contributed by atoms with Crippen LogP contribution < -0.4 is 4.90 Å². The first-order valence-electron chi connectivity index (χ1n) is 13.7. The van der Waals surface area contributed by atoms with Gasteiger partial charge in [0.2, 0.25) is 0 Å². The van der Waals surface area contributed by atoms with E-state index in [-0.39, 0.29) is 0 Å². The molecular formula is C36H25N5. The largest absolute Gasteiger partial charge is 0.335 e. The van der Waals surface area contributed by atoms with E-state index in [2.05, 4.69) is 111 Å². The molecule has 0 saturated carbocycles. The minimum absolute atomic E-state index is 0.747. The lowest BCUT2D eigenvalue weighted by molar-refractivity contribution is 0.961. The van der Waals surface area contributed by atoms with E-state index < -0.39 is 0 Å². The number of aromatic nitrogens is 3. The van der Waals surface area contributed by atoms with Crippen LogP contribution >= 0.6 is 0 Å². The molecule has 4 heterocycles. The van der Waals surface area contributed by atoms with Crippen LogP contribution in [0.2, 0.25) is 0 Å². The normalized spacial score (nSPS) is 12.3. The topological polar surface area (TPSA) is 46.3 Å². The molecule has 1 aliphatic heterocycles. The number of pyridine rings is 2. The Labute approximate surface area is 237 Å². The minimum atomic E-state index is 0.747. The van der Waals surface area contributed by atoms with E-state index in [1.165, 1.54) is 27.5 Å². The highest BCUT2D eigenvalue weighted by atomic mass is 15.2. The Hall–Kier alpha value is -5.55.